The van der Waals surface area contributed by atoms with E-state index in [0.717, 1.165) is 14.8 Å². The number of anilines is 1. The number of sulfonamides is 1. The van der Waals surface area contributed by atoms with Crippen LogP contribution >= 0.6 is 23.2 Å². The highest BCUT2D eigenvalue weighted by Gasteiger charge is 2.33. The number of nitrogens with one attached hydrogen (secondary N) is 1. The van der Waals surface area contributed by atoms with Crippen molar-refractivity contribution in [3.05, 3.63) is 93.7 Å². The molecule has 0 aliphatic heterocycles. The van der Waals surface area contributed by atoms with Gasteiger partial charge < -0.3 is 10.2 Å². The van der Waals surface area contributed by atoms with Gasteiger partial charge in [0.05, 0.1) is 15.6 Å². The normalized spacial score (nSPS) is 12.1. The van der Waals surface area contributed by atoms with E-state index in [1.165, 1.54) is 62.5 Å². The zero-order valence-electron chi connectivity index (χ0n) is 20.4. The third kappa shape index (κ3) is 6.60. The van der Waals surface area contributed by atoms with Crippen LogP contribution < -0.4 is 9.62 Å². The lowest BCUT2D eigenvalue weighted by molar-refractivity contribution is -0.139. The van der Waals surface area contributed by atoms with Crippen molar-refractivity contribution in [2.45, 2.75) is 31.3 Å². The number of carbonyl (C=O) groups is 2. The Balaban J connectivity index is 2.09. The Labute approximate surface area is 225 Å². The summed E-state index contributed by atoms with van der Waals surface area (Å²) < 4.78 is 42.8. The summed E-state index contributed by atoms with van der Waals surface area (Å²) in [6.07, 6.45) is 0. The summed E-state index contributed by atoms with van der Waals surface area (Å²) >= 11 is 12.5. The van der Waals surface area contributed by atoms with Gasteiger partial charge in [-0.3, -0.25) is 13.9 Å². The molecule has 0 aliphatic rings. The van der Waals surface area contributed by atoms with E-state index in [2.05, 4.69) is 5.32 Å². The van der Waals surface area contributed by atoms with Crippen molar-refractivity contribution >= 4 is 50.7 Å². The smallest absolute Gasteiger partial charge is 0.264 e. The van der Waals surface area contributed by atoms with Crippen molar-refractivity contribution in [1.82, 2.24) is 10.2 Å². The lowest BCUT2D eigenvalue weighted by Gasteiger charge is -2.32. The highest BCUT2D eigenvalue weighted by atomic mass is 35.5. The van der Waals surface area contributed by atoms with Gasteiger partial charge in [0.15, 0.2) is 0 Å². The van der Waals surface area contributed by atoms with Gasteiger partial charge in [0.2, 0.25) is 11.8 Å². The van der Waals surface area contributed by atoms with Crippen LogP contribution in [0.5, 0.6) is 0 Å². The minimum Gasteiger partial charge on any atom is -0.357 e. The number of likely N-dealkylation sites (N-methyl/N-ethyl adjacent to an activating group) is 1. The van der Waals surface area contributed by atoms with Gasteiger partial charge in [0.25, 0.3) is 10.0 Å². The molecule has 7 nitrogen and oxygen atoms in total. The van der Waals surface area contributed by atoms with Crippen LogP contribution in [0.2, 0.25) is 10.0 Å². The molecule has 0 aromatic heterocycles. The molecule has 3 aromatic rings. The van der Waals surface area contributed by atoms with Crippen molar-refractivity contribution in [3.8, 4) is 0 Å². The molecule has 2 amide bonds. The molecule has 3 aromatic carbocycles. The predicted molar refractivity (Wildman–Crippen MR) is 143 cm³/mol. The number of nitrogens with zero attached hydrogens (tertiary/aromatic N) is 2. The maximum atomic E-state index is 14.5. The molecule has 0 saturated heterocycles. The van der Waals surface area contributed by atoms with Crippen LogP contribution in [-0.4, -0.2) is 44.8 Å². The number of hydrogen-bond donors (Lipinski definition) is 1. The van der Waals surface area contributed by atoms with Crippen molar-refractivity contribution in [3.63, 3.8) is 0 Å². The molecule has 196 valence electrons. The first-order valence-electron chi connectivity index (χ1n) is 11.2. The number of halogens is 3. The van der Waals surface area contributed by atoms with Gasteiger partial charge in [0.1, 0.15) is 18.4 Å². The first-order valence-corrected chi connectivity index (χ1v) is 13.4. The molecule has 3 rings (SSSR count). The van der Waals surface area contributed by atoms with Gasteiger partial charge in [-0.15, -0.1) is 0 Å². The standard InChI is InChI=1S/C26H26Cl2FN3O4S/c1-17-8-11-21(12-9-17)37(35,36)32(24-14-20(27)10-13-22(24)28)16-25(33)31(18(2)26(34)30-3)15-19-6-4-5-7-23(19)29/h4-14,18H,15-16H2,1-3H3,(H,30,34). The number of rotatable bonds is 9. The highest BCUT2D eigenvalue weighted by Crippen LogP contribution is 2.33. The molecule has 0 spiro atoms. The summed E-state index contributed by atoms with van der Waals surface area (Å²) in [5.74, 6) is -1.81. The molecular formula is C26H26Cl2FN3O4S. The number of hydrogen-bond acceptors (Lipinski definition) is 4. The Bertz CT molecular complexity index is 1400. The SMILES string of the molecule is CNC(=O)C(C)N(Cc1ccccc1F)C(=O)CN(c1cc(Cl)ccc1Cl)S(=O)(=O)c1ccc(C)cc1. The van der Waals surface area contributed by atoms with E-state index in [-0.39, 0.29) is 32.7 Å². The fourth-order valence-electron chi connectivity index (χ4n) is 3.63. The molecule has 0 fully saturated rings. The molecule has 0 saturated carbocycles. The minimum absolute atomic E-state index is 0.0125. The van der Waals surface area contributed by atoms with Crippen LogP contribution in [0.1, 0.15) is 18.1 Å². The Hall–Kier alpha value is -3.14. The number of amides is 2. The van der Waals surface area contributed by atoms with Crippen molar-refractivity contribution in [2.24, 2.45) is 0 Å². The van der Waals surface area contributed by atoms with E-state index in [1.54, 1.807) is 18.2 Å². The van der Waals surface area contributed by atoms with E-state index >= 15 is 0 Å². The Morgan fingerprint density at radius 1 is 1.03 bits per heavy atom. The lowest BCUT2D eigenvalue weighted by Crippen LogP contribution is -2.50. The second kappa shape index (κ2) is 11.9. The molecule has 1 unspecified atom stereocenters. The van der Waals surface area contributed by atoms with Gasteiger partial charge in [-0.05, 0) is 50.2 Å². The van der Waals surface area contributed by atoms with E-state index in [1.807, 2.05) is 6.92 Å². The van der Waals surface area contributed by atoms with E-state index in [0.29, 0.717) is 0 Å². The van der Waals surface area contributed by atoms with E-state index < -0.39 is 40.2 Å². The third-order valence-corrected chi connectivity index (χ3v) is 8.11. The van der Waals surface area contributed by atoms with Crippen LogP contribution in [0.15, 0.2) is 71.6 Å². The van der Waals surface area contributed by atoms with Crippen LogP contribution in [0.25, 0.3) is 0 Å². The van der Waals surface area contributed by atoms with Gasteiger partial charge in [0, 0.05) is 24.2 Å². The maximum Gasteiger partial charge on any atom is 0.264 e. The number of carbonyl (C=O) groups excluding carboxylic acids is 2. The molecule has 37 heavy (non-hydrogen) atoms. The molecule has 11 heteroatoms. The summed E-state index contributed by atoms with van der Waals surface area (Å²) in [5, 5.41) is 2.72. The molecular weight excluding hydrogens is 540 g/mol. The van der Waals surface area contributed by atoms with Gasteiger partial charge in [-0.1, -0.05) is 59.1 Å². The quantitative estimate of drug-likeness (QED) is 0.403. The lowest BCUT2D eigenvalue weighted by atomic mass is 10.1. The molecule has 0 bridgehead atoms. The van der Waals surface area contributed by atoms with Gasteiger partial charge in [-0.2, -0.15) is 0 Å². The van der Waals surface area contributed by atoms with E-state index in [9.17, 15) is 22.4 Å². The first kappa shape index (κ1) is 28.4. The Morgan fingerprint density at radius 3 is 2.30 bits per heavy atom. The van der Waals surface area contributed by atoms with Crippen molar-refractivity contribution < 1.29 is 22.4 Å². The summed E-state index contributed by atoms with van der Waals surface area (Å²) in [5.41, 5.74) is 1.000. The monoisotopic (exact) mass is 565 g/mol. The van der Waals surface area contributed by atoms with Crippen LogP contribution in [-0.2, 0) is 26.2 Å². The summed E-state index contributed by atoms with van der Waals surface area (Å²) in [6, 6.07) is 15.2. The summed E-state index contributed by atoms with van der Waals surface area (Å²) in [7, 11) is -2.90. The topological polar surface area (TPSA) is 86.8 Å². The first-order chi connectivity index (χ1) is 17.4. The van der Waals surface area contributed by atoms with Crippen LogP contribution in [0, 0.1) is 12.7 Å². The molecule has 1 N–H and O–H groups in total. The predicted octanol–water partition coefficient (Wildman–Crippen LogP) is 4.80. The average Bonchev–Trinajstić information content (AvgIpc) is 2.87. The van der Waals surface area contributed by atoms with Crippen LogP contribution in [0.3, 0.4) is 0 Å². The second-order valence-corrected chi connectivity index (χ2v) is 11.0. The van der Waals surface area contributed by atoms with Gasteiger partial charge >= 0.3 is 0 Å². The Morgan fingerprint density at radius 2 is 1.68 bits per heavy atom. The number of benzene rings is 3. The number of aryl methyl sites for hydroxylation is 1. The van der Waals surface area contributed by atoms with Crippen molar-refractivity contribution in [2.75, 3.05) is 17.9 Å². The fraction of sp³-hybridized carbons (Fsp3) is 0.231. The van der Waals surface area contributed by atoms with Crippen molar-refractivity contribution in [1.29, 1.82) is 0 Å². The highest BCUT2D eigenvalue weighted by molar-refractivity contribution is 7.92. The molecule has 1 atom stereocenters. The molecule has 0 heterocycles. The zero-order chi connectivity index (χ0) is 27.3. The third-order valence-electron chi connectivity index (χ3n) is 5.78. The van der Waals surface area contributed by atoms with Crippen LogP contribution in [0.4, 0.5) is 10.1 Å². The second-order valence-electron chi connectivity index (χ2n) is 8.32. The summed E-state index contributed by atoms with van der Waals surface area (Å²) in [4.78, 5) is 27.2. The Kier molecular flexibility index (Phi) is 9.17. The molecule has 0 aliphatic carbocycles. The summed E-state index contributed by atoms with van der Waals surface area (Å²) in [6.45, 7) is 2.31. The molecule has 0 radical (unpaired) electrons. The van der Waals surface area contributed by atoms with Gasteiger partial charge in [-0.25, -0.2) is 12.8 Å². The zero-order valence-corrected chi connectivity index (χ0v) is 22.7. The minimum atomic E-state index is -4.30. The van der Waals surface area contributed by atoms with E-state index in [4.69, 9.17) is 23.2 Å². The fourth-order valence-corrected chi connectivity index (χ4v) is 5.49. The average molecular weight is 566 g/mol. The largest absolute Gasteiger partial charge is 0.357 e. The maximum absolute atomic E-state index is 14.5.